The van der Waals surface area contributed by atoms with Crippen LogP contribution in [0.5, 0.6) is 11.5 Å². The van der Waals surface area contributed by atoms with Gasteiger partial charge in [0.15, 0.2) is 11.5 Å². The third-order valence-corrected chi connectivity index (χ3v) is 3.33. The molecule has 10 heteroatoms. The predicted octanol–water partition coefficient (Wildman–Crippen LogP) is 1.19. The number of carbonyl (C=O) groups is 2. The van der Waals surface area contributed by atoms with Crippen LogP contribution >= 0.6 is 0 Å². The van der Waals surface area contributed by atoms with E-state index >= 15 is 0 Å². The number of aromatic hydroxyl groups is 1. The van der Waals surface area contributed by atoms with Gasteiger partial charge in [-0.25, -0.2) is 5.43 Å². The molecule has 2 aromatic carbocycles. The Kier molecular flexibility index (Phi) is 6.42. The summed E-state index contributed by atoms with van der Waals surface area (Å²) >= 11 is 0. The molecule has 10 nitrogen and oxygen atoms in total. The summed E-state index contributed by atoms with van der Waals surface area (Å²) in [4.78, 5) is 33.7. The Morgan fingerprint density at radius 3 is 2.74 bits per heavy atom. The van der Waals surface area contributed by atoms with Gasteiger partial charge in [-0.05, 0) is 29.8 Å². The second-order valence-electron chi connectivity index (χ2n) is 5.21. The van der Waals surface area contributed by atoms with Gasteiger partial charge in [0.2, 0.25) is 0 Å². The first-order valence-corrected chi connectivity index (χ1v) is 7.62. The SMILES string of the molecule is COc1ccc(/C=N/NC(=O)CNC(=O)c2cccc([N+](=O)[O-])c2)cc1O. The highest BCUT2D eigenvalue weighted by atomic mass is 16.6. The highest BCUT2D eigenvalue weighted by Crippen LogP contribution is 2.25. The van der Waals surface area contributed by atoms with Crippen molar-refractivity contribution in [2.75, 3.05) is 13.7 Å². The Morgan fingerprint density at radius 1 is 1.30 bits per heavy atom. The summed E-state index contributed by atoms with van der Waals surface area (Å²) in [6.07, 6.45) is 1.30. The molecule has 0 fully saturated rings. The minimum atomic E-state index is -0.627. The number of nitrogens with zero attached hydrogens (tertiary/aromatic N) is 2. The number of rotatable bonds is 7. The molecule has 0 bridgehead atoms. The number of non-ortho nitro benzene ring substituents is 1. The van der Waals surface area contributed by atoms with Gasteiger partial charge in [0.05, 0.1) is 24.8 Å². The van der Waals surface area contributed by atoms with Crippen molar-refractivity contribution >= 4 is 23.7 Å². The van der Waals surface area contributed by atoms with Crippen molar-refractivity contribution < 1.29 is 24.4 Å². The van der Waals surface area contributed by atoms with Gasteiger partial charge in [-0.3, -0.25) is 19.7 Å². The zero-order valence-electron chi connectivity index (χ0n) is 14.2. The Bertz CT molecular complexity index is 897. The number of ether oxygens (including phenoxy) is 1. The lowest BCUT2D eigenvalue weighted by molar-refractivity contribution is -0.384. The Balaban J connectivity index is 1.85. The van der Waals surface area contributed by atoms with Gasteiger partial charge in [0, 0.05) is 17.7 Å². The maximum atomic E-state index is 11.9. The molecule has 140 valence electrons. The average molecular weight is 372 g/mol. The molecule has 3 N–H and O–H groups in total. The Morgan fingerprint density at radius 2 is 2.07 bits per heavy atom. The lowest BCUT2D eigenvalue weighted by Crippen LogP contribution is -2.34. The van der Waals surface area contributed by atoms with Gasteiger partial charge in [-0.1, -0.05) is 6.07 Å². The van der Waals surface area contributed by atoms with Crippen molar-refractivity contribution in [1.82, 2.24) is 10.7 Å². The summed E-state index contributed by atoms with van der Waals surface area (Å²) < 4.78 is 4.91. The maximum absolute atomic E-state index is 11.9. The predicted molar refractivity (Wildman–Crippen MR) is 95.8 cm³/mol. The number of hydrogen-bond acceptors (Lipinski definition) is 7. The summed E-state index contributed by atoms with van der Waals surface area (Å²) in [6, 6.07) is 9.71. The van der Waals surface area contributed by atoms with Crippen molar-refractivity contribution in [2.45, 2.75) is 0 Å². The quantitative estimate of drug-likeness (QED) is 0.378. The van der Waals surface area contributed by atoms with Gasteiger partial charge >= 0.3 is 0 Å². The molecular weight excluding hydrogens is 356 g/mol. The third-order valence-electron chi connectivity index (χ3n) is 3.33. The molecule has 0 atom stereocenters. The minimum absolute atomic E-state index is 0.0641. The smallest absolute Gasteiger partial charge is 0.270 e. The molecular formula is C17H16N4O6. The minimum Gasteiger partial charge on any atom is -0.504 e. The average Bonchev–Trinajstić information content (AvgIpc) is 2.66. The van der Waals surface area contributed by atoms with Crippen molar-refractivity contribution in [3.8, 4) is 11.5 Å². The summed E-state index contributed by atoms with van der Waals surface area (Å²) in [6.45, 7) is -0.368. The maximum Gasteiger partial charge on any atom is 0.270 e. The number of benzene rings is 2. The fourth-order valence-electron chi connectivity index (χ4n) is 2.03. The summed E-state index contributed by atoms with van der Waals surface area (Å²) in [5.41, 5.74) is 2.57. The van der Waals surface area contributed by atoms with Gasteiger partial charge in [-0.2, -0.15) is 5.10 Å². The van der Waals surface area contributed by atoms with E-state index in [2.05, 4.69) is 15.8 Å². The number of amides is 2. The Hall–Kier alpha value is -3.95. The molecule has 0 radical (unpaired) electrons. The van der Waals surface area contributed by atoms with Crippen LogP contribution in [-0.4, -0.2) is 41.7 Å². The number of nitrogens with one attached hydrogen (secondary N) is 2. The first-order chi connectivity index (χ1) is 12.9. The van der Waals surface area contributed by atoms with Crippen molar-refractivity contribution in [2.24, 2.45) is 5.10 Å². The van der Waals surface area contributed by atoms with Crippen LogP contribution in [0.4, 0.5) is 5.69 Å². The standard InChI is InChI=1S/C17H16N4O6/c1-27-15-6-5-11(7-14(15)22)9-19-20-16(23)10-18-17(24)12-3-2-4-13(8-12)21(25)26/h2-9,22H,10H2,1H3,(H,18,24)(H,20,23)/b19-9+. The lowest BCUT2D eigenvalue weighted by Gasteiger charge is -2.05. The summed E-state index contributed by atoms with van der Waals surface area (Å²) in [5, 5.41) is 26.4. The second kappa shape index (κ2) is 8.94. The van der Waals surface area contributed by atoms with Crippen molar-refractivity contribution in [3.05, 3.63) is 63.7 Å². The first kappa shape index (κ1) is 19.4. The topological polar surface area (TPSA) is 143 Å². The number of hydrazone groups is 1. The highest BCUT2D eigenvalue weighted by Gasteiger charge is 2.12. The highest BCUT2D eigenvalue weighted by molar-refractivity contribution is 5.97. The van der Waals surface area contributed by atoms with E-state index in [4.69, 9.17) is 4.74 Å². The van der Waals surface area contributed by atoms with E-state index in [1.165, 1.54) is 43.7 Å². The van der Waals surface area contributed by atoms with Gasteiger partial charge < -0.3 is 15.2 Å². The number of phenols is 1. The molecule has 2 amide bonds. The molecule has 0 saturated heterocycles. The molecule has 27 heavy (non-hydrogen) atoms. The molecule has 0 spiro atoms. The number of phenolic OH excluding ortho intramolecular Hbond substituents is 1. The number of hydrogen-bond donors (Lipinski definition) is 3. The Labute approximate surface area is 153 Å². The molecule has 0 unspecified atom stereocenters. The largest absolute Gasteiger partial charge is 0.504 e. The van der Waals surface area contributed by atoms with Crippen LogP contribution in [0.2, 0.25) is 0 Å². The zero-order valence-corrected chi connectivity index (χ0v) is 14.2. The number of nitro benzene ring substituents is 1. The van der Waals surface area contributed by atoms with E-state index in [0.717, 1.165) is 6.07 Å². The lowest BCUT2D eigenvalue weighted by atomic mass is 10.2. The fraction of sp³-hybridized carbons (Fsp3) is 0.118. The van der Waals surface area contributed by atoms with Gasteiger partial charge in [0.1, 0.15) is 0 Å². The molecule has 0 aromatic heterocycles. The van der Waals surface area contributed by atoms with Crippen molar-refractivity contribution in [3.63, 3.8) is 0 Å². The van der Waals surface area contributed by atoms with E-state index in [-0.39, 0.29) is 23.5 Å². The molecule has 0 aliphatic carbocycles. The van der Waals surface area contributed by atoms with Crippen LogP contribution in [0, 0.1) is 10.1 Å². The van der Waals surface area contributed by atoms with Crippen LogP contribution in [0.15, 0.2) is 47.6 Å². The van der Waals surface area contributed by atoms with E-state index in [0.29, 0.717) is 11.3 Å². The van der Waals surface area contributed by atoms with Gasteiger partial charge in [-0.15, -0.1) is 0 Å². The van der Waals surface area contributed by atoms with Crippen molar-refractivity contribution in [1.29, 1.82) is 0 Å². The molecule has 0 heterocycles. The molecule has 0 aliphatic heterocycles. The van der Waals surface area contributed by atoms with Crippen LogP contribution in [-0.2, 0) is 4.79 Å². The summed E-state index contributed by atoms with van der Waals surface area (Å²) in [5.74, 6) is -0.988. The van der Waals surface area contributed by atoms with E-state index < -0.39 is 16.7 Å². The normalized spacial score (nSPS) is 10.4. The first-order valence-electron chi connectivity index (χ1n) is 7.62. The van der Waals surface area contributed by atoms with E-state index in [1.54, 1.807) is 6.07 Å². The molecule has 0 saturated carbocycles. The molecule has 2 rings (SSSR count). The molecule has 0 aliphatic rings. The fourth-order valence-corrected chi connectivity index (χ4v) is 2.03. The van der Waals surface area contributed by atoms with Gasteiger partial charge in [0.25, 0.3) is 17.5 Å². The van der Waals surface area contributed by atoms with Crippen LogP contribution in [0.3, 0.4) is 0 Å². The monoisotopic (exact) mass is 372 g/mol. The zero-order chi connectivity index (χ0) is 19.8. The number of methoxy groups -OCH3 is 1. The summed E-state index contributed by atoms with van der Waals surface area (Å²) in [7, 11) is 1.42. The van der Waals surface area contributed by atoms with Crippen LogP contribution < -0.4 is 15.5 Å². The number of carbonyl (C=O) groups excluding carboxylic acids is 2. The van der Waals surface area contributed by atoms with E-state index in [9.17, 15) is 24.8 Å². The second-order valence-corrected chi connectivity index (χ2v) is 5.21. The molecule has 2 aromatic rings. The van der Waals surface area contributed by atoms with Crippen LogP contribution in [0.1, 0.15) is 15.9 Å². The van der Waals surface area contributed by atoms with Crippen LogP contribution in [0.25, 0.3) is 0 Å². The number of nitro groups is 1. The third kappa shape index (κ3) is 5.53. The van der Waals surface area contributed by atoms with E-state index in [1.807, 2.05) is 0 Å².